The fourth-order valence-corrected chi connectivity index (χ4v) is 1.14. The number of hydrogen-bond acceptors (Lipinski definition) is 3. The summed E-state index contributed by atoms with van der Waals surface area (Å²) in [5, 5.41) is 14.9. The molecule has 11 heteroatoms. The van der Waals surface area contributed by atoms with Gasteiger partial charge in [0.1, 0.15) is 17.5 Å². The fraction of sp³-hybridized carbons (Fsp3) is 0.375. The van der Waals surface area contributed by atoms with E-state index in [2.05, 4.69) is 5.10 Å². The molecule has 0 radical (unpaired) electrons. The first kappa shape index (κ1) is 14.8. The molecular formula is C8H4F6N4O. The number of H-pyrrole nitrogens is 1. The molecule has 2 N–H and O–H groups in total. The number of carbonyl (C=O) groups excluding carboxylic acids is 1. The minimum absolute atomic E-state index is 0.392. The lowest BCUT2D eigenvalue weighted by atomic mass is 10.1. The van der Waals surface area contributed by atoms with E-state index in [0.717, 1.165) is 6.20 Å². The van der Waals surface area contributed by atoms with Crippen LogP contribution >= 0.6 is 0 Å². The van der Waals surface area contributed by atoms with Crippen molar-refractivity contribution < 1.29 is 31.1 Å². The molecule has 1 amide bonds. The molecule has 1 heterocycles. The Morgan fingerprint density at radius 3 is 2.26 bits per heavy atom. The zero-order valence-electron chi connectivity index (χ0n) is 8.73. The van der Waals surface area contributed by atoms with Crippen LogP contribution in [0.15, 0.2) is 6.20 Å². The van der Waals surface area contributed by atoms with Gasteiger partial charge in [-0.25, -0.2) is 0 Å². The van der Waals surface area contributed by atoms with Crippen molar-refractivity contribution in [2.75, 3.05) is 5.32 Å². The highest BCUT2D eigenvalue weighted by molar-refractivity contribution is 5.93. The molecule has 1 rings (SSSR count). The fourth-order valence-electron chi connectivity index (χ4n) is 1.14. The smallest absolute Gasteiger partial charge is 0.309 e. The summed E-state index contributed by atoms with van der Waals surface area (Å²) in [7, 11) is 0. The van der Waals surface area contributed by atoms with Crippen molar-refractivity contribution in [3.8, 4) is 6.07 Å². The van der Waals surface area contributed by atoms with Gasteiger partial charge >= 0.3 is 12.4 Å². The van der Waals surface area contributed by atoms with Crippen LogP contribution in [0.25, 0.3) is 0 Å². The summed E-state index contributed by atoms with van der Waals surface area (Å²) in [6, 6.07) is 1.43. The summed E-state index contributed by atoms with van der Waals surface area (Å²) in [6.07, 6.45) is -10.8. The third kappa shape index (κ3) is 3.36. The van der Waals surface area contributed by atoms with Gasteiger partial charge in [0.05, 0.1) is 6.20 Å². The van der Waals surface area contributed by atoms with E-state index in [1.807, 2.05) is 5.10 Å². The van der Waals surface area contributed by atoms with Crippen LogP contribution in [0.1, 0.15) is 5.56 Å². The van der Waals surface area contributed by atoms with Gasteiger partial charge < -0.3 is 5.32 Å². The second-order valence-corrected chi connectivity index (χ2v) is 3.28. The summed E-state index contributed by atoms with van der Waals surface area (Å²) in [4.78, 5) is 11.1. The molecular weight excluding hydrogens is 282 g/mol. The molecule has 0 atom stereocenters. The summed E-state index contributed by atoms with van der Waals surface area (Å²) < 4.78 is 73.2. The molecule has 0 saturated carbocycles. The SMILES string of the molecule is N#Cc1cn[nH]c1NC(=O)C(C(F)(F)F)C(F)(F)F. The van der Waals surface area contributed by atoms with Crippen LogP contribution in [-0.2, 0) is 4.79 Å². The van der Waals surface area contributed by atoms with E-state index in [9.17, 15) is 31.1 Å². The Morgan fingerprint density at radius 2 is 1.84 bits per heavy atom. The standard InChI is InChI=1S/C8H4F6N4O/c9-7(10,11)4(8(12,13)14)6(19)17-5-3(1-15)2-16-18-5/h2,4H,(H2,16,17,18,19). The number of alkyl halides is 6. The van der Waals surface area contributed by atoms with Crippen LogP contribution < -0.4 is 5.32 Å². The molecule has 0 saturated heterocycles. The van der Waals surface area contributed by atoms with Crippen molar-refractivity contribution in [1.82, 2.24) is 10.2 Å². The van der Waals surface area contributed by atoms with E-state index < -0.39 is 35.6 Å². The van der Waals surface area contributed by atoms with Gasteiger partial charge in [0.15, 0.2) is 0 Å². The predicted octanol–water partition coefficient (Wildman–Crippen LogP) is 1.96. The first-order chi connectivity index (χ1) is 8.57. The molecule has 0 aromatic carbocycles. The number of carbonyl (C=O) groups is 1. The van der Waals surface area contributed by atoms with Crippen LogP contribution in [0.2, 0.25) is 0 Å². The van der Waals surface area contributed by atoms with Crippen molar-refractivity contribution >= 4 is 11.7 Å². The monoisotopic (exact) mass is 286 g/mol. The molecule has 0 fully saturated rings. The normalized spacial score (nSPS) is 12.3. The van der Waals surface area contributed by atoms with E-state index in [1.165, 1.54) is 11.4 Å². The number of halogens is 6. The summed E-state index contributed by atoms with van der Waals surface area (Å²) in [5.41, 5.74) is -0.392. The minimum atomic E-state index is -5.80. The highest BCUT2D eigenvalue weighted by Crippen LogP contribution is 2.39. The molecule has 19 heavy (non-hydrogen) atoms. The quantitative estimate of drug-likeness (QED) is 0.815. The third-order valence-corrected chi connectivity index (χ3v) is 1.92. The molecule has 0 aliphatic carbocycles. The van der Waals surface area contributed by atoms with E-state index in [1.54, 1.807) is 0 Å². The second kappa shape index (κ2) is 4.79. The van der Waals surface area contributed by atoms with E-state index >= 15 is 0 Å². The number of nitrogens with zero attached hydrogens (tertiary/aromatic N) is 2. The molecule has 0 unspecified atom stereocenters. The van der Waals surface area contributed by atoms with Crippen molar-refractivity contribution in [3.05, 3.63) is 11.8 Å². The maximum Gasteiger partial charge on any atom is 0.409 e. The van der Waals surface area contributed by atoms with Crippen molar-refractivity contribution in [2.24, 2.45) is 5.92 Å². The molecule has 104 valence electrons. The molecule has 5 nitrogen and oxygen atoms in total. The van der Waals surface area contributed by atoms with E-state index in [0.29, 0.717) is 0 Å². The second-order valence-electron chi connectivity index (χ2n) is 3.28. The number of hydrogen-bond donors (Lipinski definition) is 2. The van der Waals surface area contributed by atoms with Gasteiger partial charge in [-0.15, -0.1) is 0 Å². The van der Waals surface area contributed by atoms with Crippen LogP contribution in [0.4, 0.5) is 32.2 Å². The number of rotatable bonds is 2. The average Bonchev–Trinajstić information content (AvgIpc) is 2.59. The van der Waals surface area contributed by atoms with Gasteiger partial charge in [0.25, 0.3) is 0 Å². The highest BCUT2D eigenvalue weighted by Gasteiger charge is 2.61. The summed E-state index contributed by atoms with van der Waals surface area (Å²) >= 11 is 0. The maximum absolute atomic E-state index is 12.2. The van der Waals surface area contributed by atoms with Gasteiger partial charge in [-0.05, 0) is 0 Å². The van der Waals surface area contributed by atoms with Crippen molar-refractivity contribution in [1.29, 1.82) is 5.26 Å². The first-order valence-electron chi connectivity index (χ1n) is 4.45. The van der Waals surface area contributed by atoms with Gasteiger partial charge in [0.2, 0.25) is 11.8 Å². The topological polar surface area (TPSA) is 81.6 Å². The third-order valence-electron chi connectivity index (χ3n) is 1.92. The molecule has 0 aliphatic heterocycles. The Hall–Kier alpha value is -2.25. The highest BCUT2D eigenvalue weighted by atomic mass is 19.4. The number of anilines is 1. The van der Waals surface area contributed by atoms with Crippen LogP contribution in [0, 0.1) is 17.2 Å². The number of aromatic amines is 1. The largest absolute Gasteiger partial charge is 0.409 e. The van der Waals surface area contributed by atoms with Gasteiger partial charge in [0, 0.05) is 0 Å². The van der Waals surface area contributed by atoms with Gasteiger partial charge in [-0.1, -0.05) is 0 Å². The predicted molar refractivity (Wildman–Crippen MR) is 47.5 cm³/mol. The maximum atomic E-state index is 12.2. The van der Waals surface area contributed by atoms with Crippen LogP contribution in [0.5, 0.6) is 0 Å². The number of aromatic nitrogens is 2. The zero-order valence-corrected chi connectivity index (χ0v) is 8.73. The van der Waals surface area contributed by atoms with Crippen LogP contribution in [0.3, 0.4) is 0 Å². The van der Waals surface area contributed by atoms with E-state index in [4.69, 9.17) is 5.26 Å². The Balaban J connectivity index is 3.01. The summed E-state index contributed by atoms with van der Waals surface area (Å²) in [5.74, 6) is -7.17. The molecule has 0 bridgehead atoms. The number of nitrogens with one attached hydrogen (secondary N) is 2. The van der Waals surface area contributed by atoms with E-state index in [-0.39, 0.29) is 0 Å². The lowest BCUT2D eigenvalue weighted by Crippen LogP contribution is -2.45. The van der Waals surface area contributed by atoms with Crippen LogP contribution in [-0.4, -0.2) is 28.5 Å². The molecule has 0 spiro atoms. The lowest BCUT2D eigenvalue weighted by molar-refractivity contribution is -0.272. The van der Waals surface area contributed by atoms with Crippen molar-refractivity contribution in [2.45, 2.75) is 12.4 Å². The average molecular weight is 286 g/mol. The first-order valence-corrected chi connectivity index (χ1v) is 4.45. The Kier molecular flexibility index (Phi) is 3.73. The minimum Gasteiger partial charge on any atom is -0.309 e. The van der Waals surface area contributed by atoms with Crippen molar-refractivity contribution in [3.63, 3.8) is 0 Å². The molecule has 1 aromatic rings. The molecule has 1 aromatic heterocycles. The number of amides is 1. The van der Waals surface area contributed by atoms with Gasteiger partial charge in [-0.2, -0.15) is 36.7 Å². The Labute approximate surface area is 101 Å². The van der Waals surface area contributed by atoms with Gasteiger partial charge in [-0.3, -0.25) is 9.89 Å². The summed E-state index contributed by atoms with van der Waals surface area (Å²) in [6.45, 7) is 0. The number of nitriles is 1. The Bertz CT molecular complexity index is 497. The zero-order chi connectivity index (χ0) is 14.8. The Morgan fingerprint density at radius 1 is 1.32 bits per heavy atom. The molecule has 0 aliphatic rings. The lowest BCUT2D eigenvalue weighted by Gasteiger charge is -2.21.